The molecule has 1 unspecified atom stereocenters. The van der Waals surface area contributed by atoms with E-state index in [1.807, 2.05) is 22.7 Å². The molecule has 3 heterocycles. The van der Waals surface area contributed by atoms with Crippen LogP contribution in [0.1, 0.15) is 69.2 Å². The molecule has 1 saturated carbocycles. The van der Waals surface area contributed by atoms with E-state index in [2.05, 4.69) is 22.3 Å². The van der Waals surface area contributed by atoms with Gasteiger partial charge in [-0.25, -0.2) is 9.67 Å². The van der Waals surface area contributed by atoms with E-state index in [4.69, 9.17) is 5.73 Å². The fraction of sp³-hybridized carbons (Fsp3) is 0.652. The average molecular weight is 427 g/mol. The Bertz CT molecular complexity index is 941. The molecule has 0 radical (unpaired) electrons. The molecular formula is C23H34N6O2. The fourth-order valence-corrected chi connectivity index (χ4v) is 5.09. The molecule has 1 aliphatic carbocycles. The Kier molecular flexibility index (Phi) is 6.43. The van der Waals surface area contributed by atoms with Crippen LogP contribution < -0.4 is 11.1 Å². The zero-order chi connectivity index (χ0) is 22.0. The van der Waals surface area contributed by atoms with Gasteiger partial charge in [-0.2, -0.15) is 5.10 Å². The molecule has 2 aromatic heterocycles. The van der Waals surface area contributed by atoms with Crippen LogP contribution in [0.15, 0.2) is 12.4 Å². The van der Waals surface area contributed by atoms with Crippen molar-refractivity contribution >= 4 is 28.5 Å². The Balaban J connectivity index is 1.63. The van der Waals surface area contributed by atoms with Crippen molar-refractivity contribution < 1.29 is 9.59 Å². The molecule has 31 heavy (non-hydrogen) atoms. The minimum Gasteiger partial charge on any atom is -0.381 e. The summed E-state index contributed by atoms with van der Waals surface area (Å²) in [5.41, 5.74) is 7.68. The first-order chi connectivity index (χ1) is 15.0. The van der Waals surface area contributed by atoms with E-state index in [1.165, 1.54) is 32.1 Å². The molecule has 0 spiro atoms. The van der Waals surface area contributed by atoms with Crippen LogP contribution in [0.5, 0.6) is 0 Å². The topological polar surface area (TPSA) is 106 Å². The number of aromatic nitrogens is 3. The predicted molar refractivity (Wildman–Crippen MR) is 121 cm³/mol. The maximum absolute atomic E-state index is 13.5. The fourth-order valence-electron chi connectivity index (χ4n) is 5.09. The number of aryl methyl sites for hydroxylation is 1. The molecule has 1 saturated heterocycles. The van der Waals surface area contributed by atoms with Crippen LogP contribution in [0, 0.1) is 11.8 Å². The van der Waals surface area contributed by atoms with Crippen LogP contribution in [-0.2, 0) is 11.3 Å². The van der Waals surface area contributed by atoms with Crippen LogP contribution in [-0.4, -0.2) is 50.6 Å². The number of hydrogen-bond donors (Lipinski definition) is 2. The highest BCUT2D eigenvalue weighted by atomic mass is 16.2. The first-order valence-electron chi connectivity index (χ1n) is 11.7. The molecule has 2 amide bonds. The summed E-state index contributed by atoms with van der Waals surface area (Å²) < 4.78 is 1.86. The third-order valence-corrected chi connectivity index (χ3v) is 7.11. The number of likely N-dealkylation sites (tertiary alicyclic amines) is 1. The number of anilines is 1. The number of fused-ring (bicyclic) bond motifs is 1. The Morgan fingerprint density at radius 3 is 2.52 bits per heavy atom. The van der Waals surface area contributed by atoms with Crippen molar-refractivity contribution in [1.82, 2.24) is 19.7 Å². The van der Waals surface area contributed by atoms with Crippen LogP contribution in [0.3, 0.4) is 0 Å². The number of nitrogens with one attached hydrogen (secondary N) is 1. The number of carbonyl (C=O) groups excluding carboxylic acids is 2. The predicted octanol–water partition coefficient (Wildman–Crippen LogP) is 3.17. The number of amides is 2. The van der Waals surface area contributed by atoms with Gasteiger partial charge in [-0.15, -0.1) is 0 Å². The molecule has 8 nitrogen and oxygen atoms in total. The maximum atomic E-state index is 13.5. The minimum atomic E-state index is -0.272. The van der Waals surface area contributed by atoms with Crippen molar-refractivity contribution in [1.29, 1.82) is 0 Å². The number of piperidine rings is 1. The van der Waals surface area contributed by atoms with Gasteiger partial charge in [0.15, 0.2) is 5.65 Å². The smallest absolute Gasteiger partial charge is 0.257 e. The van der Waals surface area contributed by atoms with E-state index in [1.54, 1.807) is 6.20 Å². The van der Waals surface area contributed by atoms with E-state index >= 15 is 0 Å². The van der Waals surface area contributed by atoms with Crippen molar-refractivity contribution in [3.8, 4) is 0 Å². The Hall–Kier alpha value is -2.64. The summed E-state index contributed by atoms with van der Waals surface area (Å²) in [5.74, 6) is 0.148. The molecule has 1 aliphatic heterocycles. The van der Waals surface area contributed by atoms with Gasteiger partial charge < -0.3 is 16.0 Å². The van der Waals surface area contributed by atoms with Gasteiger partial charge in [0.25, 0.3) is 5.91 Å². The second-order valence-corrected chi connectivity index (χ2v) is 9.04. The first-order valence-corrected chi connectivity index (χ1v) is 11.7. The molecule has 3 N–H and O–H groups in total. The summed E-state index contributed by atoms with van der Waals surface area (Å²) in [6.45, 7) is 6.06. The molecule has 8 heteroatoms. The summed E-state index contributed by atoms with van der Waals surface area (Å²) in [5, 5.41) is 9.06. The van der Waals surface area contributed by atoms with Crippen molar-refractivity contribution in [2.75, 3.05) is 18.4 Å². The summed E-state index contributed by atoms with van der Waals surface area (Å²) in [7, 11) is 0. The highest BCUT2D eigenvalue weighted by molar-refractivity contribution is 6.06. The van der Waals surface area contributed by atoms with E-state index in [0.29, 0.717) is 37.4 Å². The number of nitrogens with zero attached hydrogens (tertiary/aromatic N) is 4. The van der Waals surface area contributed by atoms with Gasteiger partial charge >= 0.3 is 0 Å². The van der Waals surface area contributed by atoms with Gasteiger partial charge in [0, 0.05) is 37.8 Å². The first kappa shape index (κ1) is 21.6. The summed E-state index contributed by atoms with van der Waals surface area (Å²) >= 11 is 0. The van der Waals surface area contributed by atoms with Crippen LogP contribution in [0.2, 0.25) is 0 Å². The third kappa shape index (κ3) is 4.38. The lowest BCUT2D eigenvalue weighted by atomic mass is 9.84. The molecule has 2 aromatic rings. The number of rotatable bonds is 6. The van der Waals surface area contributed by atoms with E-state index in [0.717, 1.165) is 23.3 Å². The lowest BCUT2D eigenvalue weighted by Crippen LogP contribution is -2.42. The quantitative estimate of drug-likeness (QED) is 0.738. The highest BCUT2D eigenvalue weighted by Gasteiger charge is 2.30. The van der Waals surface area contributed by atoms with Gasteiger partial charge in [-0.05, 0) is 45.4 Å². The van der Waals surface area contributed by atoms with E-state index in [-0.39, 0.29) is 23.8 Å². The standard InChI is InChI=1S/C23H34N6O2/c1-3-29-22-18(14-26-29)20(27-15(2)16-7-5-4-6-8-16)19(13-25-22)23(31)28-11-9-17(10-12-28)21(24)30/h13-17H,3-12H2,1-2H3,(H2,24,30)(H,25,27). The van der Waals surface area contributed by atoms with Crippen molar-refractivity contribution in [3.05, 3.63) is 18.0 Å². The monoisotopic (exact) mass is 426 g/mol. The number of carbonyl (C=O) groups is 2. The van der Waals surface area contributed by atoms with Gasteiger partial charge in [0.1, 0.15) is 0 Å². The Morgan fingerprint density at radius 2 is 1.87 bits per heavy atom. The van der Waals surface area contributed by atoms with Gasteiger partial charge in [0.05, 0.1) is 22.8 Å². The molecule has 2 fully saturated rings. The lowest BCUT2D eigenvalue weighted by molar-refractivity contribution is -0.123. The number of pyridine rings is 1. The van der Waals surface area contributed by atoms with Gasteiger partial charge in [-0.1, -0.05) is 19.3 Å². The van der Waals surface area contributed by atoms with E-state index in [9.17, 15) is 9.59 Å². The molecule has 1 atom stereocenters. The summed E-state index contributed by atoms with van der Waals surface area (Å²) in [6, 6.07) is 0.267. The van der Waals surface area contributed by atoms with Crippen LogP contribution in [0.25, 0.3) is 11.0 Å². The number of primary amides is 1. The van der Waals surface area contributed by atoms with Gasteiger partial charge in [-0.3, -0.25) is 9.59 Å². The SMILES string of the molecule is CCn1ncc2c(NC(C)C3CCCCC3)c(C(=O)N3CCC(C(N)=O)CC3)cnc21. The number of nitrogens with two attached hydrogens (primary N) is 1. The highest BCUT2D eigenvalue weighted by Crippen LogP contribution is 2.33. The van der Waals surface area contributed by atoms with Crippen molar-refractivity contribution in [2.45, 2.75) is 71.4 Å². The molecule has 0 aromatic carbocycles. The third-order valence-electron chi connectivity index (χ3n) is 7.11. The minimum absolute atomic E-state index is 0.0417. The zero-order valence-corrected chi connectivity index (χ0v) is 18.6. The average Bonchev–Trinajstić information content (AvgIpc) is 3.23. The second-order valence-electron chi connectivity index (χ2n) is 9.04. The van der Waals surface area contributed by atoms with Crippen molar-refractivity contribution in [3.63, 3.8) is 0 Å². The Morgan fingerprint density at radius 1 is 1.16 bits per heavy atom. The molecule has 0 bridgehead atoms. The van der Waals surface area contributed by atoms with Crippen molar-refractivity contribution in [2.24, 2.45) is 17.6 Å². The molecule has 168 valence electrons. The lowest BCUT2D eigenvalue weighted by Gasteiger charge is -2.32. The van der Waals surface area contributed by atoms with E-state index < -0.39 is 0 Å². The summed E-state index contributed by atoms with van der Waals surface area (Å²) in [4.78, 5) is 31.4. The summed E-state index contributed by atoms with van der Waals surface area (Å²) in [6.07, 6.45) is 11.1. The zero-order valence-electron chi connectivity index (χ0n) is 18.6. The molecular weight excluding hydrogens is 392 g/mol. The van der Waals surface area contributed by atoms with Gasteiger partial charge in [0.2, 0.25) is 5.91 Å². The molecule has 4 rings (SSSR count). The largest absolute Gasteiger partial charge is 0.381 e. The maximum Gasteiger partial charge on any atom is 0.257 e. The van der Waals surface area contributed by atoms with Crippen LogP contribution >= 0.6 is 0 Å². The number of hydrogen-bond acceptors (Lipinski definition) is 5. The van der Waals surface area contributed by atoms with Crippen LogP contribution in [0.4, 0.5) is 5.69 Å². The normalized spacial score (nSPS) is 19.5. The Labute approximate surface area is 183 Å². The molecule has 2 aliphatic rings. The second kappa shape index (κ2) is 9.24.